The van der Waals surface area contributed by atoms with Gasteiger partial charge in [0.15, 0.2) is 5.25 Å². The molecule has 2 atom stereocenters. The van der Waals surface area contributed by atoms with Gasteiger partial charge in [0.1, 0.15) is 0 Å². The van der Waals surface area contributed by atoms with Crippen LogP contribution in [0, 0.1) is 17.2 Å². The second kappa shape index (κ2) is 6.94. The quantitative estimate of drug-likeness (QED) is 0.731. The molecule has 98 valence electrons. The summed E-state index contributed by atoms with van der Waals surface area (Å²) in [4.78, 5) is 0. The van der Waals surface area contributed by atoms with Crippen LogP contribution < -0.4 is 10.0 Å². The first-order valence-corrected chi connectivity index (χ1v) is 7.73. The highest BCUT2D eigenvalue weighted by atomic mass is 32.2. The first-order chi connectivity index (χ1) is 8.10. The fourth-order valence-electron chi connectivity index (χ4n) is 2.06. The van der Waals surface area contributed by atoms with Gasteiger partial charge in [-0.25, -0.2) is 13.1 Å². The minimum absolute atomic E-state index is 0.330. The summed E-state index contributed by atoms with van der Waals surface area (Å²) in [5.74, 6) is 0.550. The van der Waals surface area contributed by atoms with Gasteiger partial charge in [-0.2, -0.15) is 5.26 Å². The van der Waals surface area contributed by atoms with E-state index in [2.05, 4.69) is 10.0 Å². The van der Waals surface area contributed by atoms with Crippen molar-refractivity contribution in [1.82, 2.24) is 10.0 Å². The van der Waals surface area contributed by atoms with Crippen LogP contribution in [0.15, 0.2) is 0 Å². The molecule has 1 aliphatic heterocycles. The molecule has 1 rings (SSSR count). The molecule has 0 aromatic carbocycles. The van der Waals surface area contributed by atoms with E-state index in [0.717, 1.165) is 32.4 Å². The molecule has 0 amide bonds. The van der Waals surface area contributed by atoms with Crippen LogP contribution in [0.2, 0.25) is 0 Å². The van der Waals surface area contributed by atoms with Gasteiger partial charge in [0.25, 0.3) is 0 Å². The Balaban J connectivity index is 2.32. The van der Waals surface area contributed by atoms with Crippen LogP contribution in [0.25, 0.3) is 0 Å². The molecule has 0 spiro atoms. The molecular formula is C11H21N3O2S. The van der Waals surface area contributed by atoms with Gasteiger partial charge in [-0.3, -0.25) is 0 Å². The van der Waals surface area contributed by atoms with Gasteiger partial charge in [0.2, 0.25) is 10.0 Å². The fourth-order valence-corrected chi connectivity index (χ4v) is 3.24. The largest absolute Gasteiger partial charge is 0.316 e. The Morgan fingerprint density at radius 1 is 1.59 bits per heavy atom. The number of sulfonamides is 1. The molecule has 1 saturated heterocycles. The summed E-state index contributed by atoms with van der Waals surface area (Å²) in [5, 5.41) is 11.1. The van der Waals surface area contributed by atoms with Gasteiger partial charge in [-0.1, -0.05) is 6.92 Å². The van der Waals surface area contributed by atoms with E-state index in [0.29, 0.717) is 18.9 Å². The Morgan fingerprint density at radius 2 is 2.35 bits per heavy atom. The molecule has 0 aromatic rings. The molecule has 1 fully saturated rings. The standard InChI is InChI=1S/C11H21N3O2S/c1-2-11(8-12)17(15,16)14-7-5-10-4-3-6-13-9-10/h10-11,13-14H,2-7,9H2,1H3. The van der Waals surface area contributed by atoms with E-state index < -0.39 is 15.3 Å². The van der Waals surface area contributed by atoms with Crippen molar-refractivity contribution < 1.29 is 8.42 Å². The summed E-state index contributed by atoms with van der Waals surface area (Å²) < 4.78 is 25.9. The Bertz CT molecular complexity index is 355. The van der Waals surface area contributed by atoms with Crippen molar-refractivity contribution in [2.45, 2.75) is 37.9 Å². The number of rotatable bonds is 6. The fraction of sp³-hybridized carbons (Fsp3) is 0.909. The predicted molar refractivity (Wildman–Crippen MR) is 66.8 cm³/mol. The van der Waals surface area contributed by atoms with Crippen LogP contribution in [0.3, 0.4) is 0 Å². The number of hydrogen-bond acceptors (Lipinski definition) is 4. The monoisotopic (exact) mass is 259 g/mol. The zero-order chi connectivity index (χ0) is 12.7. The lowest BCUT2D eigenvalue weighted by molar-refractivity contribution is 0.358. The lowest BCUT2D eigenvalue weighted by Crippen LogP contribution is -2.36. The SMILES string of the molecule is CCC(C#N)S(=O)(=O)NCCC1CCCNC1. The lowest BCUT2D eigenvalue weighted by Gasteiger charge is -2.22. The van der Waals surface area contributed by atoms with Crippen LogP contribution in [-0.4, -0.2) is 33.3 Å². The Labute approximate surface area is 104 Å². The average molecular weight is 259 g/mol. The van der Waals surface area contributed by atoms with E-state index >= 15 is 0 Å². The third-order valence-electron chi connectivity index (χ3n) is 3.14. The Hall–Kier alpha value is -0.640. The zero-order valence-corrected chi connectivity index (χ0v) is 11.1. The molecule has 2 unspecified atom stereocenters. The summed E-state index contributed by atoms with van der Waals surface area (Å²) in [6.07, 6.45) is 3.49. The van der Waals surface area contributed by atoms with Gasteiger partial charge >= 0.3 is 0 Å². The van der Waals surface area contributed by atoms with Gasteiger partial charge in [0.05, 0.1) is 6.07 Å². The summed E-state index contributed by atoms with van der Waals surface area (Å²) in [6, 6.07) is 1.82. The normalized spacial score (nSPS) is 22.9. The topological polar surface area (TPSA) is 82.0 Å². The Morgan fingerprint density at radius 3 is 2.88 bits per heavy atom. The number of nitrogens with one attached hydrogen (secondary N) is 2. The van der Waals surface area contributed by atoms with Crippen molar-refractivity contribution in [2.75, 3.05) is 19.6 Å². The van der Waals surface area contributed by atoms with Crippen molar-refractivity contribution in [3.8, 4) is 6.07 Å². The minimum Gasteiger partial charge on any atom is -0.316 e. The highest BCUT2D eigenvalue weighted by Gasteiger charge is 2.23. The molecule has 0 aliphatic carbocycles. The van der Waals surface area contributed by atoms with Crippen LogP contribution in [-0.2, 0) is 10.0 Å². The zero-order valence-electron chi connectivity index (χ0n) is 10.3. The minimum atomic E-state index is -3.45. The molecule has 0 saturated carbocycles. The molecule has 0 radical (unpaired) electrons. The molecule has 1 aliphatic rings. The molecule has 2 N–H and O–H groups in total. The maximum atomic E-state index is 11.7. The van der Waals surface area contributed by atoms with E-state index in [-0.39, 0.29) is 0 Å². The summed E-state index contributed by atoms with van der Waals surface area (Å²) in [7, 11) is -3.45. The summed E-state index contributed by atoms with van der Waals surface area (Å²) >= 11 is 0. The van der Waals surface area contributed by atoms with Gasteiger partial charge in [0, 0.05) is 6.54 Å². The highest BCUT2D eigenvalue weighted by molar-refractivity contribution is 7.90. The molecule has 6 heteroatoms. The predicted octanol–water partition coefficient (Wildman–Crippen LogP) is 0.598. The first-order valence-electron chi connectivity index (χ1n) is 6.19. The van der Waals surface area contributed by atoms with E-state index in [1.807, 2.05) is 6.07 Å². The number of nitrogens with zero attached hydrogens (tertiary/aromatic N) is 1. The molecule has 1 heterocycles. The van der Waals surface area contributed by atoms with Crippen LogP contribution in [0.4, 0.5) is 0 Å². The van der Waals surface area contributed by atoms with Crippen molar-refractivity contribution in [1.29, 1.82) is 5.26 Å². The van der Waals surface area contributed by atoms with Crippen molar-refractivity contribution >= 4 is 10.0 Å². The highest BCUT2D eigenvalue weighted by Crippen LogP contribution is 2.13. The first kappa shape index (κ1) is 14.4. The second-order valence-electron chi connectivity index (χ2n) is 4.47. The summed E-state index contributed by atoms with van der Waals surface area (Å²) in [5.41, 5.74) is 0. The van der Waals surface area contributed by atoms with E-state index in [1.54, 1.807) is 6.92 Å². The van der Waals surface area contributed by atoms with Crippen LogP contribution in [0.5, 0.6) is 0 Å². The van der Waals surface area contributed by atoms with Crippen molar-refractivity contribution in [3.05, 3.63) is 0 Å². The van der Waals surface area contributed by atoms with Gasteiger partial charge < -0.3 is 5.32 Å². The Kier molecular flexibility index (Phi) is 5.89. The maximum absolute atomic E-state index is 11.7. The van der Waals surface area contributed by atoms with Crippen molar-refractivity contribution in [2.24, 2.45) is 5.92 Å². The summed E-state index contributed by atoms with van der Waals surface area (Å²) in [6.45, 7) is 4.18. The van der Waals surface area contributed by atoms with Crippen molar-refractivity contribution in [3.63, 3.8) is 0 Å². The average Bonchev–Trinajstić information content (AvgIpc) is 2.31. The third-order valence-corrected chi connectivity index (χ3v) is 4.94. The molecular weight excluding hydrogens is 238 g/mol. The molecule has 17 heavy (non-hydrogen) atoms. The van der Waals surface area contributed by atoms with Gasteiger partial charge in [-0.05, 0) is 44.7 Å². The maximum Gasteiger partial charge on any atom is 0.227 e. The molecule has 0 bridgehead atoms. The number of piperidine rings is 1. The molecule has 5 nitrogen and oxygen atoms in total. The third kappa shape index (κ3) is 4.62. The van der Waals surface area contributed by atoms with E-state index in [1.165, 1.54) is 0 Å². The lowest BCUT2D eigenvalue weighted by atomic mass is 9.96. The van der Waals surface area contributed by atoms with E-state index in [9.17, 15) is 8.42 Å². The number of hydrogen-bond donors (Lipinski definition) is 2. The van der Waals surface area contributed by atoms with Crippen LogP contribution in [0.1, 0.15) is 32.6 Å². The van der Waals surface area contributed by atoms with Crippen LogP contribution >= 0.6 is 0 Å². The second-order valence-corrected chi connectivity index (χ2v) is 6.41. The number of nitriles is 1. The molecule has 0 aromatic heterocycles. The van der Waals surface area contributed by atoms with Gasteiger partial charge in [-0.15, -0.1) is 0 Å². The van der Waals surface area contributed by atoms with E-state index in [4.69, 9.17) is 5.26 Å². The smallest absolute Gasteiger partial charge is 0.227 e.